The van der Waals surface area contributed by atoms with Gasteiger partial charge in [0.2, 0.25) is 5.91 Å². The summed E-state index contributed by atoms with van der Waals surface area (Å²) in [6.45, 7) is 7.92. The van der Waals surface area contributed by atoms with Crippen LogP contribution in [0, 0.1) is 19.8 Å². The van der Waals surface area contributed by atoms with Crippen LogP contribution in [0.3, 0.4) is 0 Å². The van der Waals surface area contributed by atoms with Crippen molar-refractivity contribution in [2.24, 2.45) is 5.92 Å². The number of nitrogens with zero attached hydrogens (tertiary/aromatic N) is 1. The maximum Gasteiger partial charge on any atom is 0.220 e. The molecule has 2 heterocycles. The van der Waals surface area contributed by atoms with Gasteiger partial charge in [-0.2, -0.15) is 0 Å². The Morgan fingerprint density at radius 2 is 2.25 bits per heavy atom. The minimum absolute atomic E-state index is 0. The third kappa shape index (κ3) is 4.21. The Labute approximate surface area is 126 Å². The molecular formula is C14H24ClN3O2. The number of aromatic nitrogens is 1. The van der Waals surface area contributed by atoms with Gasteiger partial charge in [0, 0.05) is 24.6 Å². The van der Waals surface area contributed by atoms with Crippen LogP contribution in [0.5, 0.6) is 0 Å². The van der Waals surface area contributed by atoms with Gasteiger partial charge in [0.05, 0.1) is 5.69 Å². The molecule has 0 bridgehead atoms. The van der Waals surface area contributed by atoms with Crippen molar-refractivity contribution in [3.8, 4) is 0 Å². The van der Waals surface area contributed by atoms with Crippen LogP contribution in [0.4, 0.5) is 0 Å². The number of nitrogens with one attached hydrogen (secondary N) is 2. The lowest BCUT2D eigenvalue weighted by Crippen LogP contribution is -2.50. The lowest BCUT2D eigenvalue weighted by atomic mass is 9.94. The van der Waals surface area contributed by atoms with Gasteiger partial charge in [-0.05, 0) is 39.2 Å². The number of piperidine rings is 1. The van der Waals surface area contributed by atoms with E-state index in [1.165, 1.54) is 0 Å². The van der Waals surface area contributed by atoms with Crippen molar-refractivity contribution in [2.45, 2.75) is 46.1 Å². The molecule has 5 nitrogen and oxygen atoms in total. The monoisotopic (exact) mass is 301 g/mol. The van der Waals surface area contributed by atoms with E-state index in [9.17, 15) is 4.79 Å². The van der Waals surface area contributed by atoms with Gasteiger partial charge in [0.25, 0.3) is 0 Å². The number of halogens is 1. The summed E-state index contributed by atoms with van der Waals surface area (Å²) in [6, 6.07) is 0.255. The van der Waals surface area contributed by atoms with E-state index in [0.29, 0.717) is 18.8 Å². The molecule has 1 aromatic rings. The zero-order valence-electron chi connectivity index (χ0n) is 12.4. The second kappa shape index (κ2) is 7.64. The summed E-state index contributed by atoms with van der Waals surface area (Å²) >= 11 is 0. The number of hydrogen-bond donors (Lipinski definition) is 2. The van der Waals surface area contributed by atoms with Crippen LogP contribution in [0.1, 0.15) is 36.8 Å². The van der Waals surface area contributed by atoms with E-state index < -0.39 is 0 Å². The predicted octanol–water partition coefficient (Wildman–Crippen LogP) is 1.76. The minimum atomic E-state index is 0. The first-order chi connectivity index (χ1) is 9.08. The van der Waals surface area contributed by atoms with Crippen molar-refractivity contribution in [1.29, 1.82) is 0 Å². The second-order valence-electron chi connectivity index (χ2n) is 5.45. The fourth-order valence-corrected chi connectivity index (χ4v) is 2.56. The van der Waals surface area contributed by atoms with E-state index >= 15 is 0 Å². The third-order valence-electron chi connectivity index (χ3n) is 3.96. The fourth-order valence-electron chi connectivity index (χ4n) is 2.56. The highest BCUT2D eigenvalue weighted by Gasteiger charge is 2.22. The zero-order chi connectivity index (χ0) is 13.8. The number of carbonyl (C=O) groups is 1. The van der Waals surface area contributed by atoms with Crippen LogP contribution in [0.25, 0.3) is 0 Å². The molecule has 1 amide bonds. The Balaban J connectivity index is 0.00000200. The molecule has 1 aromatic heterocycles. The number of carbonyl (C=O) groups excluding carboxylic acids is 1. The maximum absolute atomic E-state index is 12.0. The van der Waals surface area contributed by atoms with E-state index in [0.717, 1.165) is 36.5 Å². The van der Waals surface area contributed by atoms with Crippen molar-refractivity contribution < 1.29 is 9.32 Å². The van der Waals surface area contributed by atoms with Gasteiger partial charge in [0.15, 0.2) is 0 Å². The van der Waals surface area contributed by atoms with E-state index in [2.05, 4.69) is 22.7 Å². The molecule has 114 valence electrons. The van der Waals surface area contributed by atoms with Crippen LogP contribution < -0.4 is 10.6 Å². The summed E-state index contributed by atoms with van der Waals surface area (Å²) in [6.07, 6.45) is 2.31. The van der Waals surface area contributed by atoms with Crippen molar-refractivity contribution in [1.82, 2.24) is 15.8 Å². The summed E-state index contributed by atoms with van der Waals surface area (Å²) in [7, 11) is 0. The lowest BCUT2D eigenvalue weighted by molar-refractivity contribution is -0.122. The molecule has 0 spiro atoms. The Morgan fingerprint density at radius 3 is 2.85 bits per heavy atom. The van der Waals surface area contributed by atoms with E-state index in [1.807, 2.05) is 13.8 Å². The highest BCUT2D eigenvalue weighted by atomic mass is 35.5. The molecule has 0 radical (unpaired) electrons. The number of amides is 1. The molecule has 1 aliphatic heterocycles. The summed E-state index contributed by atoms with van der Waals surface area (Å²) in [5.41, 5.74) is 1.95. The molecule has 1 aliphatic rings. The standard InChI is InChI=1S/C14H23N3O2.ClH/c1-9-6-7-15-8-13(9)16-14(18)5-4-12-10(2)17-19-11(12)3;/h9,13,15H,4-8H2,1-3H3,(H,16,18);1H. The van der Waals surface area contributed by atoms with Gasteiger partial charge in [-0.15, -0.1) is 12.4 Å². The van der Waals surface area contributed by atoms with Crippen molar-refractivity contribution >= 4 is 18.3 Å². The average Bonchev–Trinajstić information content (AvgIpc) is 2.70. The fraction of sp³-hybridized carbons (Fsp3) is 0.714. The first-order valence-corrected chi connectivity index (χ1v) is 6.99. The smallest absolute Gasteiger partial charge is 0.220 e. The molecule has 20 heavy (non-hydrogen) atoms. The maximum atomic E-state index is 12.0. The normalized spacial score (nSPS) is 22.1. The lowest BCUT2D eigenvalue weighted by Gasteiger charge is -2.30. The van der Waals surface area contributed by atoms with Gasteiger partial charge >= 0.3 is 0 Å². The predicted molar refractivity (Wildman–Crippen MR) is 80.1 cm³/mol. The van der Waals surface area contributed by atoms with Gasteiger partial charge in [-0.3, -0.25) is 4.79 Å². The van der Waals surface area contributed by atoms with Crippen LogP contribution in [-0.4, -0.2) is 30.2 Å². The highest BCUT2D eigenvalue weighted by Crippen LogP contribution is 2.15. The molecule has 1 saturated heterocycles. The SMILES string of the molecule is Cc1noc(C)c1CCC(=O)NC1CNCCC1C.Cl. The van der Waals surface area contributed by atoms with Crippen molar-refractivity contribution in [3.63, 3.8) is 0 Å². The van der Waals surface area contributed by atoms with Gasteiger partial charge in [-0.25, -0.2) is 0 Å². The molecule has 2 N–H and O–H groups in total. The molecule has 0 aliphatic carbocycles. The first kappa shape index (κ1) is 17.0. The molecule has 6 heteroatoms. The van der Waals surface area contributed by atoms with Crippen LogP contribution in [0.2, 0.25) is 0 Å². The van der Waals surface area contributed by atoms with Crippen LogP contribution in [-0.2, 0) is 11.2 Å². The number of aryl methyl sites for hydroxylation is 2. The Kier molecular flexibility index (Phi) is 6.49. The van der Waals surface area contributed by atoms with Gasteiger partial charge in [0.1, 0.15) is 5.76 Å². The minimum Gasteiger partial charge on any atom is -0.361 e. The Morgan fingerprint density at radius 1 is 1.50 bits per heavy atom. The van der Waals surface area contributed by atoms with E-state index in [4.69, 9.17) is 4.52 Å². The topological polar surface area (TPSA) is 67.2 Å². The number of hydrogen-bond acceptors (Lipinski definition) is 4. The molecule has 1 fully saturated rings. The average molecular weight is 302 g/mol. The molecular weight excluding hydrogens is 278 g/mol. The molecule has 2 rings (SSSR count). The quantitative estimate of drug-likeness (QED) is 0.889. The van der Waals surface area contributed by atoms with Crippen molar-refractivity contribution in [2.75, 3.05) is 13.1 Å². The van der Waals surface area contributed by atoms with E-state index in [1.54, 1.807) is 0 Å². The first-order valence-electron chi connectivity index (χ1n) is 6.99. The molecule has 0 saturated carbocycles. The summed E-state index contributed by atoms with van der Waals surface area (Å²) in [4.78, 5) is 12.0. The zero-order valence-corrected chi connectivity index (χ0v) is 13.2. The molecule has 2 unspecified atom stereocenters. The number of rotatable bonds is 4. The van der Waals surface area contributed by atoms with Gasteiger partial charge in [-0.1, -0.05) is 12.1 Å². The summed E-state index contributed by atoms with van der Waals surface area (Å²) in [5, 5.41) is 10.3. The molecule has 2 atom stereocenters. The molecule has 0 aromatic carbocycles. The summed E-state index contributed by atoms with van der Waals surface area (Å²) in [5.74, 6) is 1.47. The van der Waals surface area contributed by atoms with Gasteiger partial charge < -0.3 is 15.2 Å². The Hall–Kier alpha value is -1.07. The van der Waals surface area contributed by atoms with Crippen molar-refractivity contribution in [3.05, 3.63) is 17.0 Å². The van der Waals surface area contributed by atoms with Crippen LogP contribution in [0.15, 0.2) is 4.52 Å². The Bertz CT molecular complexity index is 428. The second-order valence-corrected chi connectivity index (χ2v) is 5.45. The third-order valence-corrected chi connectivity index (χ3v) is 3.96. The van der Waals surface area contributed by atoms with Crippen LogP contribution >= 0.6 is 12.4 Å². The highest BCUT2D eigenvalue weighted by molar-refractivity contribution is 5.85. The largest absolute Gasteiger partial charge is 0.361 e. The summed E-state index contributed by atoms with van der Waals surface area (Å²) < 4.78 is 5.10. The van der Waals surface area contributed by atoms with E-state index in [-0.39, 0.29) is 24.4 Å².